The van der Waals surface area contributed by atoms with E-state index in [9.17, 15) is 0 Å². The predicted molar refractivity (Wildman–Crippen MR) is 75.6 cm³/mol. The minimum atomic E-state index is 0.193. The number of aromatic nitrogens is 4. The van der Waals surface area contributed by atoms with Crippen molar-refractivity contribution >= 4 is 17.6 Å². The first-order chi connectivity index (χ1) is 9.20. The molecule has 0 aliphatic carbocycles. The lowest BCUT2D eigenvalue weighted by molar-refractivity contribution is 0.751. The van der Waals surface area contributed by atoms with Crippen LogP contribution >= 0.6 is 11.8 Å². The van der Waals surface area contributed by atoms with Crippen molar-refractivity contribution in [2.45, 2.75) is 30.2 Å². The molecule has 0 bridgehead atoms. The van der Waals surface area contributed by atoms with Crippen molar-refractivity contribution in [2.24, 2.45) is 5.73 Å². The summed E-state index contributed by atoms with van der Waals surface area (Å²) >= 11 is 1.55. The number of nitrogens with zero attached hydrogens (tertiary/aromatic N) is 4. The summed E-state index contributed by atoms with van der Waals surface area (Å²) in [6, 6.07) is 9.74. The minimum Gasteiger partial charge on any atom is -0.388 e. The van der Waals surface area contributed by atoms with Crippen molar-refractivity contribution < 1.29 is 0 Å². The summed E-state index contributed by atoms with van der Waals surface area (Å²) in [5.41, 5.74) is 6.38. The van der Waals surface area contributed by atoms with E-state index in [1.807, 2.05) is 30.3 Å². The van der Waals surface area contributed by atoms with Crippen LogP contribution in [0.15, 0.2) is 35.5 Å². The molecule has 2 rings (SSSR count). The van der Waals surface area contributed by atoms with Crippen LogP contribution in [0.5, 0.6) is 0 Å². The van der Waals surface area contributed by atoms with Gasteiger partial charge in [-0.25, -0.2) is 0 Å². The second-order valence-electron chi connectivity index (χ2n) is 4.09. The number of para-hydroxylation sites is 1. The molecule has 0 aliphatic heterocycles. The third-order valence-electron chi connectivity index (χ3n) is 2.62. The average Bonchev–Trinajstić information content (AvgIpc) is 2.86. The summed E-state index contributed by atoms with van der Waals surface area (Å²) in [5.74, 6) is 0.193. The molecule has 7 heteroatoms. The fourth-order valence-corrected chi connectivity index (χ4v) is 2.70. The van der Waals surface area contributed by atoms with Gasteiger partial charge in [-0.2, -0.15) is 4.68 Å². The van der Waals surface area contributed by atoms with Gasteiger partial charge in [0.15, 0.2) is 0 Å². The monoisotopic (exact) mass is 276 g/mol. The van der Waals surface area contributed by atoms with E-state index in [1.54, 1.807) is 16.4 Å². The van der Waals surface area contributed by atoms with Crippen LogP contribution in [0.3, 0.4) is 0 Å². The number of thioether (sulfide) groups is 1. The standard InChI is InChI=1S/C12H16N6S/c1-2-10(8-11(13)14)19-12-15-16-17-18(12)9-6-4-3-5-7-9/h3-7,10H,2,8H2,1H3,(H3,13,14). The molecule has 0 aliphatic rings. The van der Waals surface area contributed by atoms with Gasteiger partial charge in [-0.15, -0.1) is 5.10 Å². The van der Waals surface area contributed by atoms with Gasteiger partial charge in [0, 0.05) is 11.7 Å². The van der Waals surface area contributed by atoms with Crippen LogP contribution in [0.25, 0.3) is 5.69 Å². The first kappa shape index (κ1) is 13.5. The van der Waals surface area contributed by atoms with Crippen LogP contribution in [0, 0.1) is 5.41 Å². The first-order valence-electron chi connectivity index (χ1n) is 6.04. The van der Waals surface area contributed by atoms with E-state index in [0.717, 1.165) is 17.3 Å². The Labute approximate surface area is 115 Å². The Balaban J connectivity index is 2.18. The first-order valence-corrected chi connectivity index (χ1v) is 6.92. The summed E-state index contributed by atoms with van der Waals surface area (Å²) in [4.78, 5) is 0. The zero-order valence-electron chi connectivity index (χ0n) is 10.7. The lowest BCUT2D eigenvalue weighted by Gasteiger charge is -2.12. The Morgan fingerprint density at radius 3 is 2.79 bits per heavy atom. The molecule has 2 aromatic rings. The minimum absolute atomic E-state index is 0.193. The number of amidine groups is 1. The molecule has 0 amide bonds. The van der Waals surface area contributed by atoms with Crippen molar-refractivity contribution in [3.63, 3.8) is 0 Å². The van der Waals surface area contributed by atoms with E-state index < -0.39 is 0 Å². The molecule has 100 valence electrons. The predicted octanol–water partition coefficient (Wildman–Crippen LogP) is 1.86. The maximum atomic E-state index is 7.38. The molecule has 0 spiro atoms. The molecule has 1 unspecified atom stereocenters. The molecule has 19 heavy (non-hydrogen) atoms. The number of nitrogens with two attached hydrogens (primary N) is 1. The third-order valence-corrected chi connectivity index (χ3v) is 3.92. The summed E-state index contributed by atoms with van der Waals surface area (Å²) in [6.45, 7) is 2.07. The fraction of sp³-hybridized carbons (Fsp3) is 0.333. The van der Waals surface area contributed by atoms with Crippen LogP contribution < -0.4 is 5.73 Å². The summed E-state index contributed by atoms with van der Waals surface area (Å²) in [7, 11) is 0. The fourth-order valence-electron chi connectivity index (χ4n) is 1.65. The van der Waals surface area contributed by atoms with Gasteiger partial charge in [0.25, 0.3) is 0 Å². The Morgan fingerprint density at radius 1 is 1.42 bits per heavy atom. The lowest BCUT2D eigenvalue weighted by atomic mass is 10.2. The highest BCUT2D eigenvalue weighted by molar-refractivity contribution is 7.99. The normalized spacial score (nSPS) is 12.3. The Kier molecular flexibility index (Phi) is 4.51. The highest BCUT2D eigenvalue weighted by Gasteiger charge is 2.16. The van der Waals surface area contributed by atoms with E-state index in [2.05, 4.69) is 22.4 Å². The van der Waals surface area contributed by atoms with Crippen molar-refractivity contribution in [3.8, 4) is 5.69 Å². The van der Waals surface area contributed by atoms with Crippen molar-refractivity contribution in [1.29, 1.82) is 5.41 Å². The summed E-state index contributed by atoms with van der Waals surface area (Å²) < 4.78 is 1.70. The van der Waals surface area contributed by atoms with Gasteiger partial charge >= 0.3 is 0 Å². The molecule has 1 aromatic heterocycles. The number of hydrogen-bond acceptors (Lipinski definition) is 5. The van der Waals surface area contributed by atoms with E-state index in [0.29, 0.717) is 6.42 Å². The molecule has 6 nitrogen and oxygen atoms in total. The zero-order valence-corrected chi connectivity index (χ0v) is 11.5. The van der Waals surface area contributed by atoms with Gasteiger partial charge in [-0.1, -0.05) is 36.9 Å². The number of nitrogens with one attached hydrogen (secondary N) is 1. The maximum absolute atomic E-state index is 7.38. The topological polar surface area (TPSA) is 93.5 Å². The second kappa shape index (κ2) is 6.33. The maximum Gasteiger partial charge on any atom is 0.214 e. The number of tetrazole rings is 1. The molecule has 0 saturated heterocycles. The highest BCUT2D eigenvalue weighted by Crippen LogP contribution is 2.26. The zero-order chi connectivity index (χ0) is 13.7. The molecular formula is C12H16N6S. The molecule has 0 fully saturated rings. The molecule has 3 N–H and O–H groups in total. The van der Waals surface area contributed by atoms with Gasteiger partial charge in [0.1, 0.15) is 0 Å². The second-order valence-corrected chi connectivity index (χ2v) is 5.35. The quantitative estimate of drug-likeness (QED) is 0.477. The van der Waals surface area contributed by atoms with Crippen LogP contribution in [-0.4, -0.2) is 31.3 Å². The summed E-state index contributed by atoms with van der Waals surface area (Å²) in [6.07, 6.45) is 1.45. The molecule has 1 heterocycles. The van der Waals surface area contributed by atoms with Gasteiger partial charge in [0.05, 0.1) is 11.5 Å². The number of rotatable bonds is 6. The largest absolute Gasteiger partial charge is 0.388 e. The number of hydrogen-bond donors (Lipinski definition) is 2. The van der Waals surface area contributed by atoms with E-state index >= 15 is 0 Å². The Hall–Kier alpha value is -1.89. The van der Waals surface area contributed by atoms with Crippen LogP contribution in [0.4, 0.5) is 0 Å². The van der Waals surface area contributed by atoms with E-state index in [-0.39, 0.29) is 11.1 Å². The molecule has 1 atom stereocenters. The van der Waals surface area contributed by atoms with E-state index in [1.165, 1.54) is 0 Å². The van der Waals surface area contributed by atoms with Crippen molar-refractivity contribution in [3.05, 3.63) is 30.3 Å². The molecule has 0 saturated carbocycles. The van der Waals surface area contributed by atoms with Crippen molar-refractivity contribution in [1.82, 2.24) is 20.2 Å². The van der Waals surface area contributed by atoms with E-state index in [4.69, 9.17) is 11.1 Å². The lowest BCUT2D eigenvalue weighted by Crippen LogP contribution is -2.17. The summed E-state index contributed by atoms with van der Waals surface area (Å²) in [5, 5.41) is 20.1. The van der Waals surface area contributed by atoms with Crippen LogP contribution in [-0.2, 0) is 0 Å². The van der Waals surface area contributed by atoms with Gasteiger partial charge in [-0.05, 0) is 29.0 Å². The van der Waals surface area contributed by atoms with Crippen molar-refractivity contribution in [2.75, 3.05) is 0 Å². The Morgan fingerprint density at radius 2 is 2.16 bits per heavy atom. The van der Waals surface area contributed by atoms with Gasteiger partial charge in [-0.3, -0.25) is 5.41 Å². The van der Waals surface area contributed by atoms with Crippen LogP contribution in [0.2, 0.25) is 0 Å². The smallest absolute Gasteiger partial charge is 0.214 e. The highest BCUT2D eigenvalue weighted by atomic mass is 32.2. The molecular weight excluding hydrogens is 260 g/mol. The van der Waals surface area contributed by atoms with Crippen LogP contribution in [0.1, 0.15) is 19.8 Å². The number of benzene rings is 1. The average molecular weight is 276 g/mol. The molecule has 0 radical (unpaired) electrons. The van der Waals surface area contributed by atoms with Gasteiger partial charge in [0.2, 0.25) is 5.16 Å². The third kappa shape index (κ3) is 3.54. The SMILES string of the molecule is CCC(CC(=N)N)Sc1nnnn1-c1ccccc1. The van der Waals surface area contributed by atoms with Gasteiger partial charge < -0.3 is 5.73 Å². The Bertz CT molecular complexity index is 538. The molecule has 1 aromatic carbocycles.